The summed E-state index contributed by atoms with van der Waals surface area (Å²) < 4.78 is 24.6. The number of benzene rings is 2. The van der Waals surface area contributed by atoms with Gasteiger partial charge in [-0.25, -0.2) is 23.6 Å². The van der Waals surface area contributed by atoms with Crippen LogP contribution >= 0.6 is 0 Å². The van der Waals surface area contributed by atoms with E-state index in [4.69, 9.17) is 37.9 Å². The third-order valence-corrected chi connectivity index (χ3v) is 2.17. The van der Waals surface area contributed by atoms with Gasteiger partial charge in [0.25, 0.3) is 0 Å². The van der Waals surface area contributed by atoms with Crippen molar-refractivity contribution in [2.24, 2.45) is 32.9 Å². The topological polar surface area (TPSA) is 186 Å². The van der Waals surface area contributed by atoms with Crippen LogP contribution in [-0.2, 0) is 0 Å². The summed E-state index contributed by atoms with van der Waals surface area (Å²) in [4.78, 5) is 16.0. The van der Waals surface area contributed by atoms with Crippen LogP contribution in [0.3, 0.4) is 0 Å². The Bertz CT molecular complexity index is 677. The minimum absolute atomic E-state index is 0.0309. The maximum atomic E-state index is 12.3. The van der Waals surface area contributed by atoms with E-state index in [1.807, 2.05) is 0 Å². The molecule has 0 radical (unpaired) electrons. The van der Waals surface area contributed by atoms with Gasteiger partial charge >= 0.3 is 6.16 Å². The van der Waals surface area contributed by atoms with Crippen molar-refractivity contribution in [2.45, 2.75) is 0 Å². The van der Waals surface area contributed by atoms with E-state index in [9.17, 15) is 8.78 Å². The summed E-state index contributed by atoms with van der Waals surface area (Å²) in [5.41, 5.74) is 21.5. The number of guanidine groups is 2. The van der Waals surface area contributed by atoms with Crippen LogP contribution in [0.4, 0.5) is 25.0 Å². The summed E-state index contributed by atoms with van der Waals surface area (Å²) in [6.45, 7) is 0. The van der Waals surface area contributed by atoms with E-state index in [0.717, 1.165) is 0 Å². The zero-order valence-corrected chi connectivity index (χ0v) is 13.4. The molecule has 10 N–H and O–H groups in total. The molecule has 0 unspecified atom stereocenters. The van der Waals surface area contributed by atoms with Gasteiger partial charge in [-0.2, -0.15) is 0 Å². The lowest BCUT2D eigenvalue weighted by atomic mass is 10.3. The van der Waals surface area contributed by atoms with Gasteiger partial charge in [0.2, 0.25) is 0 Å². The quantitative estimate of drug-likeness (QED) is 0.343. The molecular weight excluding hydrogens is 350 g/mol. The Balaban J connectivity index is 0.000000401. The zero-order chi connectivity index (χ0) is 20.1. The highest BCUT2D eigenvalue weighted by atomic mass is 19.1. The van der Waals surface area contributed by atoms with Crippen molar-refractivity contribution in [1.29, 1.82) is 0 Å². The Morgan fingerprint density at radius 2 is 0.923 bits per heavy atom. The molecule has 0 amide bonds. The summed E-state index contributed by atoms with van der Waals surface area (Å²) in [5.74, 6) is -0.674. The lowest BCUT2D eigenvalue weighted by molar-refractivity contribution is 0.137. The Morgan fingerprint density at radius 3 is 1.12 bits per heavy atom. The SMILES string of the molecule is NC(N)=Nc1ccc(F)cc1.NC(N)=Nc1ccc(F)cc1.O=C(O)O. The molecule has 11 heteroatoms. The van der Waals surface area contributed by atoms with Gasteiger partial charge in [-0.05, 0) is 48.5 Å². The van der Waals surface area contributed by atoms with E-state index in [-0.39, 0.29) is 23.6 Å². The molecule has 2 aromatic rings. The van der Waals surface area contributed by atoms with Gasteiger partial charge in [-0.3, -0.25) is 0 Å². The van der Waals surface area contributed by atoms with Crippen LogP contribution in [0.5, 0.6) is 0 Å². The Kier molecular flexibility index (Phi) is 9.88. The predicted molar refractivity (Wildman–Crippen MR) is 94.4 cm³/mol. The number of nitrogens with two attached hydrogens (primary N) is 4. The Labute approximate surface area is 147 Å². The minimum Gasteiger partial charge on any atom is -0.450 e. The number of carbonyl (C=O) groups is 1. The van der Waals surface area contributed by atoms with Crippen molar-refractivity contribution in [3.63, 3.8) is 0 Å². The third kappa shape index (κ3) is 12.6. The van der Waals surface area contributed by atoms with Crippen LogP contribution in [0, 0.1) is 11.6 Å². The van der Waals surface area contributed by atoms with Crippen molar-refractivity contribution < 1.29 is 23.8 Å². The van der Waals surface area contributed by atoms with Crippen LogP contribution < -0.4 is 22.9 Å². The summed E-state index contributed by atoms with van der Waals surface area (Å²) in [7, 11) is 0. The van der Waals surface area contributed by atoms with E-state index < -0.39 is 6.16 Å². The molecule has 0 aliphatic carbocycles. The fourth-order valence-electron chi connectivity index (χ4n) is 1.33. The highest BCUT2D eigenvalue weighted by Gasteiger charge is 1.90. The molecule has 0 saturated heterocycles. The first-order valence-corrected chi connectivity index (χ1v) is 6.72. The summed E-state index contributed by atoms with van der Waals surface area (Å²) in [6.07, 6.45) is -1.83. The number of hydrogen-bond donors (Lipinski definition) is 6. The lowest BCUT2D eigenvalue weighted by Crippen LogP contribution is -2.21. The fraction of sp³-hybridized carbons (Fsp3) is 0. The standard InChI is InChI=1S/2C7H8FN3.CH2O3/c2*8-5-1-3-6(4-2-5)11-7(9)10;2-1(3)4/h2*1-4H,(H4,9,10,11);(H2,2,3,4). The molecular formula is C15H18F2N6O3. The molecule has 0 saturated carbocycles. The first kappa shape index (κ1) is 22.1. The van der Waals surface area contributed by atoms with Crippen molar-refractivity contribution in [3.8, 4) is 0 Å². The van der Waals surface area contributed by atoms with Crippen molar-refractivity contribution >= 4 is 29.4 Å². The molecule has 0 aromatic heterocycles. The largest absolute Gasteiger partial charge is 0.503 e. The number of aliphatic imine (C=N–C) groups is 2. The number of nitrogens with zero attached hydrogens (tertiary/aromatic N) is 2. The molecule has 0 bridgehead atoms. The van der Waals surface area contributed by atoms with Gasteiger partial charge in [-0.1, -0.05) is 0 Å². The lowest BCUT2D eigenvalue weighted by Gasteiger charge is -1.92. The molecule has 140 valence electrons. The van der Waals surface area contributed by atoms with E-state index >= 15 is 0 Å². The second-order valence-corrected chi connectivity index (χ2v) is 4.31. The van der Waals surface area contributed by atoms with Gasteiger partial charge in [0.1, 0.15) is 11.6 Å². The predicted octanol–water partition coefficient (Wildman–Crippen LogP) is 1.68. The van der Waals surface area contributed by atoms with Crippen LogP contribution in [0.2, 0.25) is 0 Å². The molecule has 0 fully saturated rings. The molecule has 0 atom stereocenters. The van der Waals surface area contributed by atoms with Gasteiger partial charge in [0.15, 0.2) is 11.9 Å². The molecule has 0 aliphatic rings. The van der Waals surface area contributed by atoms with Crippen LogP contribution in [0.1, 0.15) is 0 Å². The average molecular weight is 368 g/mol. The monoisotopic (exact) mass is 368 g/mol. The molecule has 2 rings (SSSR count). The summed E-state index contributed by atoms with van der Waals surface area (Å²) in [5, 5.41) is 13.9. The first-order valence-electron chi connectivity index (χ1n) is 6.72. The average Bonchev–Trinajstić information content (AvgIpc) is 2.51. The van der Waals surface area contributed by atoms with Gasteiger partial charge < -0.3 is 33.1 Å². The number of carboxylic acid groups (broad SMARTS) is 2. The zero-order valence-electron chi connectivity index (χ0n) is 13.4. The Hall–Kier alpha value is -3.89. The molecule has 0 heterocycles. The smallest absolute Gasteiger partial charge is 0.450 e. The van der Waals surface area contributed by atoms with Crippen molar-refractivity contribution in [2.75, 3.05) is 0 Å². The molecule has 9 nitrogen and oxygen atoms in total. The number of halogens is 2. The maximum absolute atomic E-state index is 12.3. The highest BCUT2D eigenvalue weighted by molar-refractivity contribution is 5.79. The number of hydrogen-bond acceptors (Lipinski definition) is 3. The highest BCUT2D eigenvalue weighted by Crippen LogP contribution is 2.11. The second-order valence-electron chi connectivity index (χ2n) is 4.31. The molecule has 26 heavy (non-hydrogen) atoms. The van der Waals surface area contributed by atoms with E-state index in [2.05, 4.69) is 9.98 Å². The van der Waals surface area contributed by atoms with Crippen LogP contribution in [0.15, 0.2) is 58.5 Å². The second kappa shape index (κ2) is 11.6. The summed E-state index contributed by atoms with van der Waals surface area (Å²) >= 11 is 0. The van der Waals surface area contributed by atoms with E-state index in [1.165, 1.54) is 48.5 Å². The van der Waals surface area contributed by atoms with Gasteiger partial charge in [0, 0.05) is 0 Å². The normalized spacial score (nSPS) is 8.69. The molecule has 0 spiro atoms. The van der Waals surface area contributed by atoms with Crippen molar-refractivity contribution in [1.82, 2.24) is 0 Å². The van der Waals surface area contributed by atoms with E-state index in [1.54, 1.807) is 0 Å². The van der Waals surface area contributed by atoms with E-state index in [0.29, 0.717) is 11.4 Å². The maximum Gasteiger partial charge on any atom is 0.503 e. The summed E-state index contributed by atoms with van der Waals surface area (Å²) in [6, 6.07) is 11.2. The van der Waals surface area contributed by atoms with Gasteiger partial charge in [0.05, 0.1) is 11.4 Å². The molecule has 2 aromatic carbocycles. The Morgan fingerprint density at radius 1 is 0.692 bits per heavy atom. The van der Waals surface area contributed by atoms with Gasteiger partial charge in [-0.15, -0.1) is 0 Å². The number of rotatable bonds is 2. The van der Waals surface area contributed by atoms with Crippen LogP contribution in [0.25, 0.3) is 0 Å². The first-order chi connectivity index (χ1) is 12.1. The fourth-order valence-corrected chi connectivity index (χ4v) is 1.33. The minimum atomic E-state index is -1.83. The van der Waals surface area contributed by atoms with Crippen molar-refractivity contribution in [3.05, 3.63) is 60.2 Å². The van der Waals surface area contributed by atoms with Crippen LogP contribution in [-0.4, -0.2) is 28.3 Å². The third-order valence-electron chi connectivity index (χ3n) is 2.17. The molecule has 0 aliphatic heterocycles.